The largest absolute Gasteiger partial charge is 0.370 e. The smallest absolute Gasteiger partial charge is 0.258 e. The number of rotatable bonds is 8. The van der Waals surface area contributed by atoms with Crippen molar-refractivity contribution in [3.8, 4) is 0 Å². The zero-order chi connectivity index (χ0) is 21.7. The van der Waals surface area contributed by atoms with Crippen LogP contribution in [0.15, 0.2) is 35.5 Å². The predicted octanol–water partition coefficient (Wildman–Crippen LogP) is 3.18. The summed E-state index contributed by atoms with van der Waals surface area (Å²) in [5.74, 6) is -0.301. The highest BCUT2D eigenvalue weighted by atomic mass is 32.2. The van der Waals surface area contributed by atoms with E-state index in [0.717, 1.165) is 31.6 Å². The van der Waals surface area contributed by atoms with Crippen LogP contribution in [0.4, 0.5) is 11.4 Å². The molecular formula is C21H31N5O3S. The number of nitrogens with zero attached hydrogens (tertiary/aromatic N) is 4. The van der Waals surface area contributed by atoms with Crippen LogP contribution in [-0.4, -0.2) is 54.6 Å². The van der Waals surface area contributed by atoms with Gasteiger partial charge in [-0.25, -0.2) is 8.42 Å². The van der Waals surface area contributed by atoms with Gasteiger partial charge in [0.25, 0.3) is 5.91 Å². The number of hydrogen-bond acceptors (Lipinski definition) is 5. The average Bonchev–Trinajstić information content (AvgIpc) is 3.24. The van der Waals surface area contributed by atoms with Crippen molar-refractivity contribution >= 4 is 27.3 Å². The molecule has 9 heteroatoms. The minimum Gasteiger partial charge on any atom is -0.370 e. The van der Waals surface area contributed by atoms with Gasteiger partial charge in [-0.05, 0) is 44.4 Å². The van der Waals surface area contributed by atoms with Crippen molar-refractivity contribution in [2.24, 2.45) is 0 Å². The predicted molar refractivity (Wildman–Crippen MR) is 118 cm³/mol. The van der Waals surface area contributed by atoms with Gasteiger partial charge >= 0.3 is 0 Å². The topological polar surface area (TPSA) is 87.5 Å². The van der Waals surface area contributed by atoms with Gasteiger partial charge in [0, 0.05) is 38.9 Å². The number of piperidine rings is 1. The number of carbonyl (C=O) groups excluding carboxylic acids is 1. The number of amides is 1. The Hall–Kier alpha value is -2.39. The summed E-state index contributed by atoms with van der Waals surface area (Å²) in [5, 5.41) is 7.09. The van der Waals surface area contributed by atoms with Crippen molar-refractivity contribution in [2.45, 2.75) is 51.5 Å². The van der Waals surface area contributed by atoms with Gasteiger partial charge in [0.1, 0.15) is 0 Å². The minimum atomic E-state index is -3.62. The second-order valence-corrected chi connectivity index (χ2v) is 9.29. The van der Waals surface area contributed by atoms with E-state index in [0.29, 0.717) is 30.9 Å². The molecule has 2 heterocycles. The van der Waals surface area contributed by atoms with Crippen LogP contribution < -0.4 is 10.2 Å². The van der Waals surface area contributed by atoms with Crippen LogP contribution in [0.25, 0.3) is 0 Å². The van der Waals surface area contributed by atoms with Gasteiger partial charge in [0.15, 0.2) is 0 Å². The third kappa shape index (κ3) is 4.67. The van der Waals surface area contributed by atoms with Crippen molar-refractivity contribution in [1.29, 1.82) is 0 Å². The Balaban J connectivity index is 1.98. The molecular weight excluding hydrogens is 402 g/mol. The molecule has 1 fully saturated rings. The van der Waals surface area contributed by atoms with E-state index in [2.05, 4.69) is 15.3 Å². The molecule has 1 aliphatic heterocycles. The first-order valence-corrected chi connectivity index (χ1v) is 12.1. The molecule has 1 amide bonds. The van der Waals surface area contributed by atoms with Crippen molar-refractivity contribution in [2.75, 3.05) is 36.4 Å². The maximum atomic E-state index is 13.0. The normalized spacial score (nSPS) is 14.9. The summed E-state index contributed by atoms with van der Waals surface area (Å²) in [4.78, 5) is 15.2. The first kappa shape index (κ1) is 22.3. The molecule has 0 radical (unpaired) electrons. The lowest BCUT2D eigenvalue weighted by atomic mass is 10.1. The maximum Gasteiger partial charge on any atom is 0.258 e. The second-order valence-electron chi connectivity index (χ2n) is 7.35. The van der Waals surface area contributed by atoms with Crippen molar-refractivity contribution in [3.63, 3.8) is 0 Å². The molecule has 0 saturated carbocycles. The van der Waals surface area contributed by atoms with Crippen LogP contribution in [0.5, 0.6) is 0 Å². The number of nitrogens with one attached hydrogen (secondary N) is 1. The molecule has 1 N–H and O–H groups in total. The zero-order valence-corrected chi connectivity index (χ0v) is 18.8. The first-order chi connectivity index (χ1) is 14.4. The van der Waals surface area contributed by atoms with Gasteiger partial charge in [0.2, 0.25) is 10.0 Å². The van der Waals surface area contributed by atoms with E-state index in [9.17, 15) is 13.2 Å². The van der Waals surface area contributed by atoms with Gasteiger partial charge in [-0.2, -0.15) is 9.40 Å². The van der Waals surface area contributed by atoms with Gasteiger partial charge in [0.05, 0.1) is 28.0 Å². The number of aryl methyl sites for hydroxylation is 1. The lowest BCUT2D eigenvalue weighted by molar-refractivity contribution is 0.102. The molecule has 0 bridgehead atoms. The number of sulfonamides is 1. The van der Waals surface area contributed by atoms with Gasteiger partial charge in [-0.1, -0.05) is 13.8 Å². The number of hydrogen-bond donors (Lipinski definition) is 1. The third-order valence-corrected chi connectivity index (χ3v) is 7.52. The quantitative estimate of drug-likeness (QED) is 0.691. The van der Waals surface area contributed by atoms with E-state index < -0.39 is 10.0 Å². The SMILES string of the molecule is CCN(CC)S(=O)(=O)c1ccc(N2CCCCC2)c(NC(=O)c2cnn(CC)c2)c1. The third-order valence-electron chi connectivity index (χ3n) is 5.48. The Morgan fingerprint density at radius 1 is 1.13 bits per heavy atom. The first-order valence-electron chi connectivity index (χ1n) is 10.6. The van der Waals surface area contributed by atoms with E-state index >= 15 is 0 Å². The molecule has 1 saturated heterocycles. The maximum absolute atomic E-state index is 13.0. The number of anilines is 2. The van der Waals surface area contributed by atoms with E-state index in [1.54, 1.807) is 23.0 Å². The Morgan fingerprint density at radius 2 is 1.83 bits per heavy atom. The molecule has 3 rings (SSSR count). The minimum absolute atomic E-state index is 0.187. The average molecular weight is 434 g/mol. The van der Waals surface area contributed by atoms with Crippen molar-refractivity contribution in [1.82, 2.24) is 14.1 Å². The van der Waals surface area contributed by atoms with Crippen molar-refractivity contribution < 1.29 is 13.2 Å². The monoisotopic (exact) mass is 433 g/mol. The van der Waals surface area contributed by atoms with E-state index in [4.69, 9.17) is 0 Å². The lowest BCUT2D eigenvalue weighted by Gasteiger charge is -2.31. The molecule has 1 aromatic carbocycles. The summed E-state index contributed by atoms with van der Waals surface area (Å²) in [6.07, 6.45) is 6.55. The highest BCUT2D eigenvalue weighted by Crippen LogP contribution is 2.32. The summed E-state index contributed by atoms with van der Waals surface area (Å²) < 4.78 is 29.1. The standard InChI is InChI=1S/C21H31N5O3S/c1-4-25-16-17(15-22-25)21(27)23-19-14-18(30(28,29)26(5-2)6-3)10-11-20(19)24-12-8-7-9-13-24/h10-11,14-16H,4-9,12-13H2,1-3H3,(H,23,27). The Morgan fingerprint density at radius 3 is 2.43 bits per heavy atom. The molecule has 164 valence electrons. The van der Waals surface area contributed by atoms with E-state index in [1.807, 2.05) is 26.8 Å². The van der Waals surface area contributed by atoms with Crippen LogP contribution >= 0.6 is 0 Å². The van der Waals surface area contributed by atoms with Crippen LogP contribution in [0.3, 0.4) is 0 Å². The fourth-order valence-corrected chi connectivity index (χ4v) is 5.23. The number of benzene rings is 1. The van der Waals surface area contributed by atoms with Gasteiger partial charge in [-0.3, -0.25) is 9.48 Å². The van der Waals surface area contributed by atoms with Crippen LogP contribution in [0, 0.1) is 0 Å². The van der Waals surface area contributed by atoms with Gasteiger partial charge in [-0.15, -0.1) is 0 Å². The Labute approximate surface area is 178 Å². The summed E-state index contributed by atoms with van der Waals surface area (Å²) in [6, 6.07) is 5.04. The Bertz CT molecular complexity index is 976. The fraction of sp³-hybridized carbons (Fsp3) is 0.524. The number of aromatic nitrogens is 2. The zero-order valence-electron chi connectivity index (χ0n) is 18.0. The molecule has 0 spiro atoms. The van der Waals surface area contributed by atoms with Crippen molar-refractivity contribution in [3.05, 3.63) is 36.2 Å². The number of carbonyl (C=O) groups is 1. The van der Waals surface area contributed by atoms with Crippen LogP contribution in [-0.2, 0) is 16.6 Å². The van der Waals surface area contributed by atoms with E-state index in [-0.39, 0.29) is 10.8 Å². The summed E-state index contributed by atoms with van der Waals surface area (Å²) in [5.41, 5.74) is 1.81. The Kier molecular flexibility index (Phi) is 7.14. The highest BCUT2D eigenvalue weighted by molar-refractivity contribution is 7.89. The molecule has 8 nitrogen and oxygen atoms in total. The van der Waals surface area contributed by atoms with E-state index in [1.165, 1.54) is 16.9 Å². The van der Waals surface area contributed by atoms with Crippen LogP contribution in [0.2, 0.25) is 0 Å². The lowest BCUT2D eigenvalue weighted by Crippen LogP contribution is -2.32. The fourth-order valence-electron chi connectivity index (χ4n) is 3.75. The molecule has 2 aromatic rings. The summed E-state index contributed by atoms with van der Waals surface area (Å²) in [7, 11) is -3.62. The molecule has 30 heavy (non-hydrogen) atoms. The van der Waals surface area contributed by atoms with Crippen LogP contribution in [0.1, 0.15) is 50.4 Å². The molecule has 0 unspecified atom stereocenters. The second kappa shape index (κ2) is 9.61. The van der Waals surface area contributed by atoms with Gasteiger partial charge < -0.3 is 10.2 Å². The molecule has 0 aliphatic carbocycles. The molecule has 1 aromatic heterocycles. The summed E-state index contributed by atoms with van der Waals surface area (Å²) in [6.45, 7) is 8.82. The molecule has 1 aliphatic rings. The summed E-state index contributed by atoms with van der Waals surface area (Å²) >= 11 is 0. The molecule has 0 atom stereocenters. The highest BCUT2D eigenvalue weighted by Gasteiger charge is 2.25.